The minimum absolute atomic E-state index is 0.174. The van der Waals surface area contributed by atoms with E-state index in [2.05, 4.69) is 5.32 Å². The first-order valence-corrected chi connectivity index (χ1v) is 8.43. The quantitative estimate of drug-likeness (QED) is 0.808. The summed E-state index contributed by atoms with van der Waals surface area (Å²) in [6.45, 7) is 2.60. The number of halogens is 5. The molecule has 2 aromatic carbocycles. The summed E-state index contributed by atoms with van der Waals surface area (Å²) in [5, 5.41) is 3.22. The van der Waals surface area contributed by atoms with Crippen LogP contribution in [-0.2, 0) is 6.18 Å². The van der Waals surface area contributed by atoms with E-state index in [0.717, 1.165) is 37.2 Å². The summed E-state index contributed by atoms with van der Waals surface area (Å²) >= 11 is 0. The van der Waals surface area contributed by atoms with Crippen molar-refractivity contribution in [3.8, 4) is 0 Å². The fourth-order valence-electron chi connectivity index (χ4n) is 3.32. The number of hydrogen-bond acceptors (Lipinski definition) is 2. The molecule has 26 heavy (non-hydrogen) atoms. The zero-order valence-electron chi connectivity index (χ0n) is 14.0. The first-order valence-electron chi connectivity index (χ1n) is 8.43. The van der Waals surface area contributed by atoms with Crippen molar-refractivity contribution in [2.45, 2.75) is 18.6 Å². The molecule has 0 bridgehead atoms. The molecule has 7 heteroatoms. The van der Waals surface area contributed by atoms with Gasteiger partial charge in [0.2, 0.25) is 0 Å². The molecule has 140 valence electrons. The summed E-state index contributed by atoms with van der Waals surface area (Å²) in [5.74, 6) is -1.48. The van der Waals surface area contributed by atoms with E-state index in [1.165, 1.54) is 12.1 Å². The fraction of sp³-hybridized carbons (Fsp3) is 0.368. The van der Waals surface area contributed by atoms with Crippen molar-refractivity contribution in [1.29, 1.82) is 0 Å². The molecule has 0 aliphatic carbocycles. The van der Waals surface area contributed by atoms with Crippen LogP contribution in [0.2, 0.25) is 0 Å². The highest BCUT2D eigenvalue weighted by Gasteiger charge is 2.32. The van der Waals surface area contributed by atoms with Gasteiger partial charge in [0.15, 0.2) is 0 Å². The molecule has 1 aliphatic heterocycles. The average Bonchev–Trinajstić information content (AvgIpc) is 2.86. The van der Waals surface area contributed by atoms with Gasteiger partial charge in [-0.1, -0.05) is 18.2 Å². The molecule has 1 unspecified atom stereocenters. The van der Waals surface area contributed by atoms with Gasteiger partial charge in [0.1, 0.15) is 11.6 Å². The first-order chi connectivity index (χ1) is 12.4. The van der Waals surface area contributed by atoms with Gasteiger partial charge in [0.25, 0.3) is 0 Å². The minimum atomic E-state index is -4.48. The zero-order chi connectivity index (χ0) is 18.7. The number of nitrogens with one attached hydrogen (secondary N) is 1. The van der Waals surface area contributed by atoms with Crippen molar-refractivity contribution < 1.29 is 22.0 Å². The lowest BCUT2D eigenvalue weighted by atomic mass is 9.94. The lowest BCUT2D eigenvalue weighted by Gasteiger charge is -2.32. The Morgan fingerprint density at radius 1 is 0.962 bits per heavy atom. The van der Waals surface area contributed by atoms with E-state index in [1.807, 2.05) is 4.90 Å². The molecule has 0 saturated carbocycles. The minimum Gasteiger partial charge on any atom is -0.315 e. The highest BCUT2D eigenvalue weighted by Crippen LogP contribution is 2.35. The maximum atomic E-state index is 14.5. The van der Waals surface area contributed by atoms with Crippen LogP contribution in [-0.4, -0.2) is 31.1 Å². The Morgan fingerprint density at radius 3 is 2.50 bits per heavy atom. The Kier molecular flexibility index (Phi) is 5.58. The van der Waals surface area contributed by atoms with E-state index in [-0.39, 0.29) is 5.56 Å². The number of nitrogens with zero attached hydrogens (tertiary/aromatic N) is 1. The second kappa shape index (κ2) is 7.72. The van der Waals surface area contributed by atoms with Gasteiger partial charge in [-0.3, -0.25) is 4.90 Å². The van der Waals surface area contributed by atoms with Crippen LogP contribution in [0.5, 0.6) is 0 Å². The Labute approximate surface area is 148 Å². The normalized spacial score (nSPS) is 17.7. The van der Waals surface area contributed by atoms with Gasteiger partial charge in [-0.25, -0.2) is 8.78 Å². The molecule has 0 aromatic heterocycles. The summed E-state index contributed by atoms with van der Waals surface area (Å²) in [5.41, 5.74) is -0.268. The molecular weight excluding hydrogens is 351 g/mol. The predicted octanol–water partition coefficient (Wildman–Crippen LogP) is 4.37. The maximum absolute atomic E-state index is 14.5. The smallest absolute Gasteiger partial charge is 0.315 e. The summed E-state index contributed by atoms with van der Waals surface area (Å²) in [7, 11) is 0. The molecule has 1 saturated heterocycles. The molecular formula is C19H19F5N2. The van der Waals surface area contributed by atoms with Crippen LogP contribution >= 0.6 is 0 Å². The molecule has 2 aromatic rings. The standard InChI is InChI=1S/C19H19F5N2/c20-15-5-6-16(17(21)12-15)18(26-9-2-7-25-8-10-26)13-3-1-4-14(11-13)19(22,23)24/h1,3-6,11-12,18,25H,2,7-10H2. The molecule has 0 spiro atoms. The van der Waals surface area contributed by atoms with Gasteiger partial charge in [-0.15, -0.1) is 0 Å². The molecule has 3 rings (SSSR count). The van der Waals surface area contributed by atoms with Crippen LogP contribution in [0, 0.1) is 11.6 Å². The Bertz CT molecular complexity index is 752. The third-order valence-corrected chi connectivity index (χ3v) is 4.53. The predicted molar refractivity (Wildman–Crippen MR) is 88.7 cm³/mol. The zero-order valence-corrected chi connectivity index (χ0v) is 14.0. The van der Waals surface area contributed by atoms with Gasteiger partial charge in [-0.05, 0) is 36.7 Å². The summed E-state index contributed by atoms with van der Waals surface area (Å²) < 4.78 is 67.2. The van der Waals surface area contributed by atoms with E-state index >= 15 is 0 Å². The highest BCUT2D eigenvalue weighted by atomic mass is 19.4. The third-order valence-electron chi connectivity index (χ3n) is 4.53. The van der Waals surface area contributed by atoms with Crippen molar-refractivity contribution in [2.75, 3.05) is 26.2 Å². The third kappa shape index (κ3) is 4.22. The van der Waals surface area contributed by atoms with E-state index < -0.39 is 29.4 Å². The molecule has 1 atom stereocenters. The van der Waals surface area contributed by atoms with Crippen molar-refractivity contribution in [2.24, 2.45) is 0 Å². The van der Waals surface area contributed by atoms with E-state index in [1.54, 1.807) is 6.07 Å². The SMILES string of the molecule is Fc1ccc(C(c2cccc(C(F)(F)F)c2)N2CCCNCC2)c(F)c1. The largest absolute Gasteiger partial charge is 0.416 e. The van der Waals surface area contributed by atoms with Crippen LogP contribution in [0.3, 0.4) is 0 Å². The number of rotatable bonds is 3. The highest BCUT2D eigenvalue weighted by molar-refractivity contribution is 5.36. The van der Waals surface area contributed by atoms with Crippen molar-refractivity contribution in [1.82, 2.24) is 10.2 Å². The molecule has 0 radical (unpaired) electrons. The summed E-state index contributed by atoms with van der Waals surface area (Å²) in [4.78, 5) is 1.94. The van der Waals surface area contributed by atoms with Gasteiger partial charge in [0.05, 0.1) is 11.6 Å². The number of benzene rings is 2. The second-order valence-electron chi connectivity index (χ2n) is 6.33. The molecule has 0 amide bonds. The second-order valence-corrected chi connectivity index (χ2v) is 6.33. The van der Waals surface area contributed by atoms with E-state index in [0.29, 0.717) is 25.2 Å². The number of hydrogen-bond donors (Lipinski definition) is 1. The Morgan fingerprint density at radius 2 is 1.77 bits per heavy atom. The van der Waals surface area contributed by atoms with E-state index in [4.69, 9.17) is 0 Å². The van der Waals surface area contributed by atoms with Crippen molar-refractivity contribution >= 4 is 0 Å². The molecule has 2 nitrogen and oxygen atoms in total. The van der Waals surface area contributed by atoms with Gasteiger partial charge in [0, 0.05) is 31.3 Å². The molecule has 1 aliphatic rings. The average molecular weight is 370 g/mol. The monoisotopic (exact) mass is 370 g/mol. The van der Waals surface area contributed by atoms with Crippen LogP contribution in [0.1, 0.15) is 29.2 Å². The summed E-state index contributed by atoms with van der Waals surface area (Å²) in [6.07, 6.45) is -3.69. The van der Waals surface area contributed by atoms with Crippen LogP contribution in [0.4, 0.5) is 22.0 Å². The Hall–Kier alpha value is -1.99. The molecule has 1 N–H and O–H groups in total. The Balaban J connectivity index is 2.08. The fourth-order valence-corrected chi connectivity index (χ4v) is 3.32. The maximum Gasteiger partial charge on any atom is 0.416 e. The lowest BCUT2D eigenvalue weighted by molar-refractivity contribution is -0.137. The van der Waals surface area contributed by atoms with Crippen LogP contribution in [0.15, 0.2) is 42.5 Å². The topological polar surface area (TPSA) is 15.3 Å². The van der Waals surface area contributed by atoms with E-state index in [9.17, 15) is 22.0 Å². The van der Waals surface area contributed by atoms with Crippen molar-refractivity contribution in [3.05, 3.63) is 70.8 Å². The van der Waals surface area contributed by atoms with Crippen LogP contribution < -0.4 is 5.32 Å². The van der Waals surface area contributed by atoms with Gasteiger partial charge < -0.3 is 5.32 Å². The van der Waals surface area contributed by atoms with Gasteiger partial charge >= 0.3 is 6.18 Å². The van der Waals surface area contributed by atoms with Gasteiger partial charge in [-0.2, -0.15) is 13.2 Å². The lowest BCUT2D eigenvalue weighted by Crippen LogP contribution is -2.33. The number of alkyl halides is 3. The summed E-state index contributed by atoms with van der Waals surface area (Å²) in [6, 6.07) is 7.42. The molecule has 1 heterocycles. The molecule has 1 fully saturated rings. The van der Waals surface area contributed by atoms with Crippen LogP contribution in [0.25, 0.3) is 0 Å². The first kappa shape index (κ1) is 18.8. The van der Waals surface area contributed by atoms with Crippen molar-refractivity contribution in [3.63, 3.8) is 0 Å².